The van der Waals surface area contributed by atoms with Crippen LogP contribution in [0.2, 0.25) is 5.02 Å². The van der Waals surface area contributed by atoms with Gasteiger partial charge in [0.25, 0.3) is 0 Å². The van der Waals surface area contributed by atoms with Crippen molar-refractivity contribution in [3.05, 3.63) is 65.1 Å². The third-order valence-corrected chi connectivity index (χ3v) is 8.31. The second kappa shape index (κ2) is 12.9. The van der Waals surface area contributed by atoms with Gasteiger partial charge in [0.15, 0.2) is 0 Å². The number of ether oxygens (including phenoxy) is 1. The standard InChI is InChI=1S/C28H32ClFN2O4S/c1-36-21-4-5-26-24(16-21)23(7-9-31-26)27(33)6-3-18-8-11-32(17-25(18)28(34)35)10-2-12-37-22-14-19(29)13-20(30)15-22/h4-5,7,9,13-16,18,25,27,33H,2-3,6,8,10-12,17H2,1H3,(H,34,35)/t18-,25+,27?/m1/s1. The lowest BCUT2D eigenvalue weighted by Crippen LogP contribution is -2.44. The van der Waals surface area contributed by atoms with E-state index in [1.807, 2.05) is 24.3 Å². The SMILES string of the molecule is COc1ccc2nccc(C(O)CC[C@@H]3CCN(CCCSc4cc(F)cc(Cl)c4)C[C@@H]3C(=O)O)c2c1. The summed E-state index contributed by atoms with van der Waals surface area (Å²) in [6.45, 7) is 2.12. The molecule has 37 heavy (non-hydrogen) atoms. The van der Waals surface area contributed by atoms with Crippen LogP contribution in [0.3, 0.4) is 0 Å². The molecule has 0 amide bonds. The normalized spacial score (nSPS) is 19.1. The van der Waals surface area contributed by atoms with Crippen molar-refractivity contribution in [2.75, 3.05) is 32.5 Å². The number of methoxy groups -OCH3 is 1. The molecule has 3 atom stereocenters. The first-order chi connectivity index (χ1) is 17.8. The average molecular weight is 547 g/mol. The summed E-state index contributed by atoms with van der Waals surface area (Å²) in [6.07, 6.45) is 3.74. The molecule has 1 aliphatic heterocycles. The number of benzene rings is 2. The molecule has 1 fully saturated rings. The lowest BCUT2D eigenvalue weighted by molar-refractivity contribution is -0.146. The molecule has 0 aliphatic carbocycles. The summed E-state index contributed by atoms with van der Waals surface area (Å²) >= 11 is 7.47. The number of rotatable bonds is 11. The summed E-state index contributed by atoms with van der Waals surface area (Å²) in [6, 6.07) is 11.9. The van der Waals surface area contributed by atoms with Crippen molar-refractivity contribution in [2.24, 2.45) is 11.8 Å². The first kappa shape index (κ1) is 27.6. The Labute approximate surface area is 225 Å². The van der Waals surface area contributed by atoms with E-state index in [-0.39, 0.29) is 11.7 Å². The number of aliphatic hydroxyl groups excluding tert-OH is 1. The van der Waals surface area contributed by atoms with Crippen LogP contribution in [0, 0.1) is 17.7 Å². The summed E-state index contributed by atoms with van der Waals surface area (Å²) in [5.41, 5.74) is 1.57. The molecule has 2 N–H and O–H groups in total. The molecule has 0 radical (unpaired) electrons. The zero-order chi connectivity index (χ0) is 26.4. The van der Waals surface area contributed by atoms with Crippen molar-refractivity contribution in [1.82, 2.24) is 9.88 Å². The molecule has 1 saturated heterocycles. The minimum atomic E-state index is -0.785. The molecule has 0 saturated carbocycles. The van der Waals surface area contributed by atoms with Crippen molar-refractivity contribution >= 4 is 40.2 Å². The van der Waals surface area contributed by atoms with E-state index in [9.17, 15) is 19.4 Å². The number of hydrogen-bond donors (Lipinski definition) is 2. The van der Waals surface area contributed by atoms with E-state index < -0.39 is 18.0 Å². The average Bonchev–Trinajstić information content (AvgIpc) is 2.88. The fourth-order valence-corrected chi connectivity index (χ4v) is 6.28. The number of nitrogens with zero attached hydrogens (tertiary/aromatic N) is 2. The van der Waals surface area contributed by atoms with Crippen molar-refractivity contribution in [3.8, 4) is 5.75 Å². The molecular formula is C28H32ClFN2O4S. The van der Waals surface area contributed by atoms with Gasteiger partial charge in [0.1, 0.15) is 11.6 Å². The van der Waals surface area contributed by atoms with Crippen LogP contribution in [0.15, 0.2) is 53.6 Å². The second-order valence-electron chi connectivity index (χ2n) is 9.48. The quantitative estimate of drug-likeness (QED) is 0.223. The van der Waals surface area contributed by atoms with Crippen LogP contribution in [-0.4, -0.2) is 58.6 Å². The van der Waals surface area contributed by atoms with Crippen LogP contribution < -0.4 is 4.74 Å². The highest BCUT2D eigenvalue weighted by molar-refractivity contribution is 7.99. The molecule has 6 nitrogen and oxygen atoms in total. The molecule has 3 aromatic rings. The molecule has 1 unspecified atom stereocenters. The number of carboxylic acids is 1. The van der Waals surface area contributed by atoms with Crippen LogP contribution in [-0.2, 0) is 4.79 Å². The molecule has 9 heteroatoms. The first-order valence-electron chi connectivity index (χ1n) is 12.5. The molecule has 198 valence electrons. The Morgan fingerprint density at radius 1 is 1.30 bits per heavy atom. The van der Waals surface area contributed by atoms with Gasteiger partial charge in [0.05, 0.1) is 24.6 Å². The number of aliphatic hydroxyl groups is 1. The zero-order valence-corrected chi connectivity index (χ0v) is 22.3. The van der Waals surface area contributed by atoms with Crippen molar-refractivity contribution in [1.29, 1.82) is 0 Å². The van der Waals surface area contributed by atoms with Crippen molar-refractivity contribution < 1.29 is 24.1 Å². The van der Waals surface area contributed by atoms with Crippen molar-refractivity contribution in [3.63, 3.8) is 0 Å². The molecule has 2 heterocycles. The highest BCUT2D eigenvalue weighted by Gasteiger charge is 2.34. The maximum atomic E-state index is 13.5. The van der Waals surface area contributed by atoms with Gasteiger partial charge in [-0.25, -0.2) is 4.39 Å². The number of likely N-dealkylation sites (tertiary alicyclic amines) is 1. The molecule has 1 aromatic heterocycles. The Bertz CT molecular complexity index is 1210. The second-order valence-corrected chi connectivity index (χ2v) is 11.1. The predicted molar refractivity (Wildman–Crippen MR) is 145 cm³/mol. The number of carboxylic acid groups (broad SMARTS) is 1. The lowest BCUT2D eigenvalue weighted by Gasteiger charge is -2.37. The van der Waals surface area contributed by atoms with Gasteiger partial charge in [-0.3, -0.25) is 9.78 Å². The summed E-state index contributed by atoms with van der Waals surface area (Å²) in [5, 5.41) is 22.1. The number of hydrogen-bond acceptors (Lipinski definition) is 6. The number of piperidine rings is 1. The number of carbonyl (C=O) groups is 1. The van der Waals surface area contributed by atoms with E-state index in [4.69, 9.17) is 16.3 Å². The predicted octanol–water partition coefficient (Wildman–Crippen LogP) is 6.05. The van der Waals surface area contributed by atoms with E-state index in [1.54, 1.807) is 31.1 Å². The molecule has 0 bridgehead atoms. The van der Waals surface area contributed by atoms with Crippen LogP contribution in [0.4, 0.5) is 4.39 Å². The fraction of sp³-hybridized carbons (Fsp3) is 0.429. The highest BCUT2D eigenvalue weighted by atomic mass is 35.5. The third-order valence-electron chi connectivity index (χ3n) is 7.03. The third kappa shape index (κ3) is 7.35. The van der Waals surface area contributed by atoms with Gasteiger partial charge in [-0.2, -0.15) is 0 Å². The Morgan fingerprint density at radius 3 is 2.89 bits per heavy atom. The van der Waals surface area contributed by atoms with E-state index in [1.165, 1.54) is 12.1 Å². The van der Waals surface area contributed by atoms with Crippen LogP contribution in [0.25, 0.3) is 10.9 Å². The van der Waals surface area contributed by atoms with E-state index in [0.717, 1.165) is 53.0 Å². The Kier molecular flexibility index (Phi) is 9.65. The Hall–Kier alpha value is -2.39. The maximum absolute atomic E-state index is 13.5. The number of halogens is 2. The lowest BCUT2D eigenvalue weighted by atomic mass is 9.81. The Balaban J connectivity index is 1.29. The van der Waals surface area contributed by atoms with Crippen molar-refractivity contribution in [2.45, 2.75) is 36.7 Å². The number of aromatic nitrogens is 1. The first-order valence-corrected chi connectivity index (χ1v) is 13.8. The summed E-state index contributed by atoms with van der Waals surface area (Å²) in [5.74, 6) is -0.0885. The van der Waals surface area contributed by atoms with Crippen LogP contribution in [0.5, 0.6) is 5.75 Å². The molecule has 4 rings (SSSR count). The smallest absolute Gasteiger partial charge is 0.308 e. The molecule has 1 aliphatic rings. The molecular weight excluding hydrogens is 515 g/mol. The van der Waals surface area contributed by atoms with Gasteiger partial charge < -0.3 is 19.8 Å². The summed E-state index contributed by atoms with van der Waals surface area (Å²) < 4.78 is 18.8. The van der Waals surface area contributed by atoms with Crippen LogP contribution >= 0.6 is 23.4 Å². The number of aliphatic carboxylic acids is 1. The number of fused-ring (bicyclic) bond motifs is 1. The van der Waals surface area contributed by atoms with Gasteiger partial charge in [-0.1, -0.05) is 11.6 Å². The maximum Gasteiger partial charge on any atom is 0.308 e. The monoisotopic (exact) mass is 546 g/mol. The number of pyridine rings is 1. The van der Waals surface area contributed by atoms with Crippen LogP contribution in [0.1, 0.15) is 37.4 Å². The van der Waals surface area contributed by atoms with Gasteiger partial charge in [-0.15, -0.1) is 11.8 Å². The minimum absolute atomic E-state index is 0.00912. The summed E-state index contributed by atoms with van der Waals surface area (Å²) in [7, 11) is 1.60. The molecule has 0 spiro atoms. The zero-order valence-electron chi connectivity index (χ0n) is 20.8. The Morgan fingerprint density at radius 2 is 2.14 bits per heavy atom. The topological polar surface area (TPSA) is 82.9 Å². The van der Waals surface area contributed by atoms with Gasteiger partial charge in [-0.05, 0) is 98.5 Å². The number of thioether (sulfide) groups is 1. The highest BCUT2D eigenvalue weighted by Crippen LogP contribution is 2.34. The van der Waals surface area contributed by atoms with Gasteiger partial charge in [0.2, 0.25) is 0 Å². The van der Waals surface area contributed by atoms with Gasteiger partial charge in [0, 0.05) is 28.0 Å². The van der Waals surface area contributed by atoms with E-state index in [2.05, 4.69) is 9.88 Å². The fourth-order valence-electron chi connectivity index (χ4n) is 5.08. The largest absolute Gasteiger partial charge is 0.497 e. The van der Waals surface area contributed by atoms with E-state index in [0.29, 0.717) is 30.2 Å². The van der Waals surface area contributed by atoms with E-state index >= 15 is 0 Å². The molecule has 2 aromatic carbocycles. The van der Waals surface area contributed by atoms with Gasteiger partial charge >= 0.3 is 5.97 Å². The summed E-state index contributed by atoms with van der Waals surface area (Å²) in [4.78, 5) is 19.5. The minimum Gasteiger partial charge on any atom is -0.497 e.